The van der Waals surface area contributed by atoms with Gasteiger partial charge in [0.15, 0.2) is 11.5 Å². The lowest BCUT2D eigenvalue weighted by molar-refractivity contribution is 0.149. The number of hydrogen-bond acceptors (Lipinski definition) is 7. The molecule has 9 heteroatoms. The van der Waals surface area contributed by atoms with Crippen LogP contribution in [0.25, 0.3) is 10.9 Å². The number of fused-ring (bicyclic) bond motifs is 1. The minimum Gasteiger partial charge on any atom is -0.493 e. The summed E-state index contributed by atoms with van der Waals surface area (Å²) in [5.74, 6) is 9.16. The molecule has 0 aliphatic carbocycles. The van der Waals surface area contributed by atoms with Gasteiger partial charge in [-0.2, -0.15) is 0 Å². The summed E-state index contributed by atoms with van der Waals surface area (Å²) < 4.78 is 11.6. The molecule has 2 amide bonds. The van der Waals surface area contributed by atoms with E-state index in [-0.39, 0.29) is 6.03 Å². The number of carbonyl (C=O) groups is 1. The number of methoxy groups -OCH3 is 1. The predicted molar refractivity (Wildman–Crippen MR) is 152 cm³/mol. The van der Waals surface area contributed by atoms with E-state index in [1.807, 2.05) is 71.6 Å². The first-order valence-corrected chi connectivity index (χ1v) is 12.7. The van der Waals surface area contributed by atoms with Crippen LogP contribution in [-0.2, 0) is 0 Å². The van der Waals surface area contributed by atoms with Gasteiger partial charge < -0.3 is 25.0 Å². The molecule has 3 aromatic carbocycles. The molecule has 0 spiro atoms. The van der Waals surface area contributed by atoms with Crippen LogP contribution >= 0.6 is 0 Å². The number of benzene rings is 3. The molecule has 1 aliphatic rings. The predicted octanol–water partition coefficient (Wildman–Crippen LogP) is 4.48. The number of anilines is 2. The van der Waals surface area contributed by atoms with Crippen LogP contribution < -0.4 is 20.1 Å². The van der Waals surface area contributed by atoms with E-state index in [4.69, 9.17) is 9.47 Å². The fraction of sp³-hybridized carbons (Fsp3) is 0.233. The number of piperazine rings is 1. The summed E-state index contributed by atoms with van der Waals surface area (Å²) in [5, 5.41) is 6.93. The van der Waals surface area contributed by atoms with Gasteiger partial charge in [-0.3, -0.25) is 4.90 Å². The zero-order valence-corrected chi connectivity index (χ0v) is 22.0. The summed E-state index contributed by atoms with van der Waals surface area (Å²) in [7, 11) is 3.27. The zero-order valence-electron chi connectivity index (χ0n) is 22.0. The van der Waals surface area contributed by atoms with Gasteiger partial charge in [-0.1, -0.05) is 30.0 Å². The highest BCUT2D eigenvalue weighted by Crippen LogP contribution is 2.35. The van der Waals surface area contributed by atoms with Gasteiger partial charge in [-0.25, -0.2) is 14.8 Å². The molecule has 1 aromatic heterocycles. The maximum Gasteiger partial charge on any atom is 0.317 e. The molecule has 2 heterocycles. The molecule has 0 atom stereocenters. The SMILES string of the molecule is CNC(=O)N1CCN(CC#Cc2ccc3ncnc(Nc4ccc(Oc5ccccc5)c(OC)c4)c3c2)CC1. The smallest absolute Gasteiger partial charge is 0.317 e. The van der Waals surface area contributed by atoms with Gasteiger partial charge in [0.25, 0.3) is 0 Å². The van der Waals surface area contributed by atoms with E-state index in [9.17, 15) is 4.79 Å². The fourth-order valence-corrected chi connectivity index (χ4v) is 4.34. The standard InChI is InChI=1S/C30H30N6O3/c1-31-30(37)36-17-15-35(16-18-36)14-6-7-22-10-12-26-25(19-22)29(33-21-32-26)34-23-11-13-27(28(20-23)38-2)39-24-8-4-3-5-9-24/h3-5,8-13,19-21H,14-18H2,1-2H3,(H,31,37)(H,32,33,34). The Morgan fingerprint density at radius 2 is 1.79 bits per heavy atom. The Labute approximate surface area is 227 Å². The van der Waals surface area contributed by atoms with Crippen molar-refractivity contribution in [1.82, 2.24) is 25.1 Å². The number of hydrogen-bond donors (Lipinski definition) is 2. The monoisotopic (exact) mass is 522 g/mol. The highest BCUT2D eigenvalue weighted by Gasteiger charge is 2.19. The second kappa shape index (κ2) is 12.2. The summed E-state index contributed by atoms with van der Waals surface area (Å²) >= 11 is 0. The van der Waals surface area contributed by atoms with E-state index in [1.54, 1.807) is 20.5 Å². The Hall–Kier alpha value is -4.81. The van der Waals surface area contributed by atoms with Gasteiger partial charge in [-0.15, -0.1) is 0 Å². The van der Waals surface area contributed by atoms with E-state index in [2.05, 4.69) is 37.3 Å². The normalized spacial score (nSPS) is 13.3. The van der Waals surface area contributed by atoms with Crippen molar-refractivity contribution in [2.24, 2.45) is 0 Å². The first-order valence-electron chi connectivity index (χ1n) is 12.7. The molecule has 198 valence electrons. The second-order valence-corrected chi connectivity index (χ2v) is 8.98. The Morgan fingerprint density at radius 3 is 2.56 bits per heavy atom. The van der Waals surface area contributed by atoms with E-state index in [0.29, 0.717) is 37.0 Å². The van der Waals surface area contributed by atoms with Crippen LogP contribution in [-0.4, -0.2) is 72.7 Å². The van der Waals surface area contributed by atoms with E-state index >= 15 is 0 Å². The van der Waals surface area contributed by atoms with Gasteiger partial charge >= 0.3 is 6.03 Å². The third-order valence-electron chi connectivity index (χ3n) is 6.44. The Kier molecular flexibility index (Phi) is 8.05. The lowest BCUT2D eigenvalue weighted by Crippen LogP contribution is -2.51. The number of carbonyl (C=O) groups excluding carboxylic acids is 1. The molecule has 0 radical (unpaired) electrons. The highest BCUT2D eigenvalue weighted by atomic mass is 16.5. The first kappa shape index (κ1) is 25.8. The van der Waals surface area contributed by atoms with Crippen LogP contribution in [0.4, 0.5) is 16.3 Å². The third-order valence-corrected chi connectivity index (χ3v) is 6.44. The van der Waals surface area contributed by atoms with Crippen LogP contribution in [0.5, 0.6) is 17.2 Å². The quantitative estimate of drug-likeness (QED) is 0.361. The molecule has 4 aromatic rings. The molecular weight excluding hydrogens is 492 g/mol. The van der Waals surface area contributed by atoms with Gasteiger partial charge in [0.1, 0.15) is 17.9 Å². The molecule has 0 saturated carbocycles. The maximum atomic E-state index is 11.8. The van der Waals surface area contributed by atoms with Crippen molar-refractivity contribution < 1.29 is 14.3 Å². The number of ether oxygens (including phenoxy) is 2. The molecule has 9 nitrogen and oxygen atoms in total. The van der Waals surface area contributed by atoms with Gasteiger partial charge in [0.05, 0.1) is 19.2 Å². The number of para-hydroxylation sites is 1. The molecule has 5 rings (SSSR count). The molecule has 0 bridgehead atoms. The number of nitrogens with one attached hydrogen (secondary N) is 2. The number of nitrogens with zero attached hydrogens (tertiary/aromatic N) is 4. The summed E-state index contributed by atoms with van der Waals surface area (Å²) in [4.78, 5) is 24.7. The Morgan fingerprint density at radius 1 is 0.974 bits per heavy atom. The van der Waals surface area contributed by atoms with Crippen molar-refractivity contribution in [1.29, 1.82) is 0 Å². The summed E-state index contributed by atoms with van der Waals surface area (Å²) in [6.07, 6.45) is 1.54. The topological polar surface area (TPSA) is 91.9 Å². The van der Waals surface area contributed by atoms with Crippen molar-refractivity contribution in [2.75, 3.05) is 52.2 Å². The van der Waals surface area contributed by atoms with Gasteiger partial charge in [-0.05, 0) is 42.5 Å². The van der Waals surface area contributed by atoms with Gasteiger partial charge in [0.2, 0.25) is 0 Å². The second-order valence-electron chi connectivity index (χ2n) is 8.98. The lowest BCUT2D eigenvalue weighted by atomic mass is 10.1. The van der Waals surface area contributed by atoms with Gasteiger partial charge in [0, 0.05) is 55.9 Å². The number of urea groups is 1. The molecule has 1 saturated heterocycles. The Balaban J connectivity index is 1.29. The molecule has 39 heavy (non-hydrogen) atoms. The molecular formula is C30H30N6O3. The highest BCUT2D eigenvalue weighted by molar-refractivity contribution is 5.91. The van der Waals surface area contributed by atoms with Crippen molar-refractivity contribution in [2.45, 2.75) is 0 Å². The maximum absolute atomic E-state index is 11.8. The van der Waals surface area contributed by atoms with E-state index in [1.165, 1.54) is 0 Å². The van der Waals surface area contributed by atoms with Crippen LogP contribution in [0.3, 0.4) is 0 Å². The largest absolute Gasteiger partial charge is 0.493 e. The Bertz CT molecular complexity index is 1510. The van der Waals surface area contributed by atoms with Crippen LogP contribution in [0, 0.1) is 11.8 Å². The summed E-state index contributed by atoms with van der Waals surface area (Å²) in [6, 6.07) is 21.1. The molecule has 1 fully saturated rings. The molecule has 0 unspecified atom stereocenters. The minimum atomic E-state index is -0.0292. The average Bonchev–Trinajstić information content (AvgIpc) is 2.98. The fourth-order valence-electron chi connectivity index (χ4n) is 4.34. The van der Waals surface area contributed by atoms with Crippen molar-refractivity contribution in [3.63, 3.8) is 0 Å². The molecule has 1 aliphatic heterocycles. The van der Waals surface area contributed by atoms with Crippen molar-refractivity contribution in [3.05, 3.63) is 78.6 Å². The number of amides is 2. The van der Waals surface area contributed by atoms with Crippen molar-refractivity contribution >= 4 is 28.4 Å². The minimum absolute atomic E-state index is 0.0292. The van der Waals surface area contributed by atoms with Crippen LogP contribution in [0.2, 0.25) is 0 Å². The van der Waals surface area contributed by atoms with Crippen LogP contribution in [0.1, 0.15) is 5.56 Å². The number of rotatable bonds is 6. The van der Waals surface area contributed by atoms with Crippen molar-refractivity contribution in [3.8, 4) is 29.1 Å². The summed E-state index contributed by atoms with van der Waals surface area (Å²) in [5.41, 5.74) is 2.51. The van der Waals surface area contributed by atoms with E-state index < -0.39 is 0 Å². The first-order chi connectivity index (χ1) is 19.1. The van der Waals surface area contributed by atoms with Crippen LogP contribution in [0.15, 0.2) is 73.1 Å². The third kappa shape index (κ3) is 6.37. The average molecular weight is 523 g/mol. The number of aromatic nitrogens is 2. The molecule has 2 N–H and O–H groups in total. The zero-order chi connectivity index (χ0) is 27.0. The summed E-state index contributed by atoms with van der Waals surface area (Å²) in [6.45, 7) is 3.66. The van der Waals surface area contributed by atoms with E-state index in [0.717, 1.165) is 41.0 Å². The lowest BCUT2D eigenvalue weighted by Gasteiger charge is -2.33.